The molecule has 0 spiro atoms. The SMILES string of the molecule is CO[C@@H]1[C@H](O)[C@@H](COP(=O)(O)OP(=O)(O)C(Cl)(Cl)P(=O)(O)OP(=O)(O)O)O[C@H]1[n+]1cn(C)c2c([O-])nc(N)nc21. The zero-order valence-electron chi connectivity index (χ0n) is 19.8. The quantitative estimate of drug-likeness (QED) is 0.0831. The summed E-state index contributed by atoms with van der Waals surface area (Å²) in [5, 5.41) is 22.9. The van der Waals surface area contributed by atoms with Gasteiger partial charge in [0.25, 0.3) is 5.95 Å². The maximum Gasteiger partial charge on any atom is 0.479 e. The van der Waals surface area contributed by atoms with Crippen LogP contribution in [0.25, 0.3) is 11.2 Å². The van der Waals surface area contributed by atoms with Gasteiger partial charge in [-0.2, -0.15) is 0 Å². The highest BCUT2D eigenvalue weighted by Gasteiger charge is 2.65. The molecule has 1 saturated heterocycles. The third-order valence-corrected chi connectivity index (χ3v) is 14.5. The summed E-state index contributed by atoms with van der Waals surface area (Å²) < 4.78 is 69.0. The Morgan fingerprint density at radius 2 is 1.73 bits per heavy atom. The van der Waals surface area contributed by atoms with Crippen molar-refractivity contribution >= 4 is 71.2 Å². The third-order valence-electron chi connectivity index (χ3n) is 5.12. The number of nitrogens with two attached hydrogens (primary N) is 1. The number of aliphatic hydroxyl groups is 1. The van der Waals surface area contributed by atoms with Gasteiger partial charge in [-0.25, -0.2) is 27.3 Å². The van der Waals surface area contributed by atoms with Crippen molar-refractivity contribution in [1.82, 2.24) is 14.5 Å². The number of aliphatic hydroxyl groups excluding tert-OH is 1. The number of nitrogens with zero attached hydrogens (tertiary/aromatic N) is 4. The van der Waals surface area contributed by atoms with Crippen LogP contribution in [-0.2, 0) is 47.9 Å². The van der Waals surface area contributed by atoms with Gasteiger partial charge in [-0.3, -0.25) is 18.2 Å². The lowest BCUT2D eigenvalue weighted by atomic mass is 10.1. The molecule has 2 aromatic rings. The van der Waals surface area contributed by atoms with Crippen LogP contribution < -0.4 is 15.4 Å². The van der Waals surface area contributed by atoms with Crippen LogP contribution in [0.15, 0.2) is 6.33 Å². The van der Waals surface area contributed by atoms with Gasteiger partial charge < -0.3 is 49.9 Å². The number of aryl methyl sites for hydroxylation is 1. The number of hydrogen-bond donors (Lipinski definition) is 7. The molecule has 40 heavy (non-hydrogen) atoms. The van der Waals surface area contributed by atoms with E-state index in [0.29, 0.717) is 0 Å². The van der Waals surface area contributed by atoms with Crippen molar-refractivity contribution in [2.45, 2.75) is 28.4 Å². The fraction of sp³-hybridized carbons (Fsp3) is 0.615. The first-order valence-electron chi connectivity index (χ1n) is 10.1. The standard InChI is InChI=1S/C13H21Cl2N5O16P4/c1-19-4-20(9-6(19)10(22)18-12(16)17-9)11-8(32-2)7(21)5(34-11)3-33-40(30,31)36-38(25,26)13(14,15)37(23,24)35-39(27,28)29/h4-5,7-8,11,21H,3H2,1-2H3,(H7-,16,17,18,22,23,24,25,26,27,28,29,30,31)/t5-,7-,8-,11-/m1/s1. The van der Waals surface area contributed by atoms with Crippen LogP contribution in [0.5, 0.6) is 5.88 Å². The van der Waals surface area contributed by atoms with Gasteiger partial charge in [0.1, 0.15) is 18.3 Å². The maximum atomic E-state index is 12.4. The van der Waals surface area contributed by atoms with Crippen LogP contribution >= 0.6 is 54.0 Å². The van der Waals surface area contributed by atoms with E-state index in [-0.39, 0.29) is 17.1 Å². The average molecular weight is 698 g/mol. The lowest BCUT2D eigenvalue weighted by Crippen LogP contribution is -2.46. The molecule has 0 aromatic carbocycles. The molecule has 21 nitrogen and oxygen atoms in total. The fourth-order valence-corrected chi connectivity index (χ4v) is 10.1. The average Bonchev–Trinajstić information content (AvgIpc) is 3.25. The van der Waals surface area contributed by atoms with E-state index in [0.717, 1.165) is 0 Å². The van der Waals surface area contributed by atoms with E-state index in [1.54, 1.807) is 0 Å². The second-order valence-corrected chi connectivity index (χ2v) is 17.6. The van der Waals surface area contributed by atoms with E-state index in [2.05, 4.69) is 23.1 Å². The first-order chi connectivity index (χ1) is 18.0. The van der Waals surface area contributed by atoms with Crippen molar-refractivity contribution in [3.63, 3.8) is 0 Å². The highest BCUT2D eigenvalue weighted by molar-refractivity contribution is 7.83. The molecule has 3 rings (SSSR count). The molecule has 0 bridgehead atoms. The zero-order chi connectivity index (χ0) is 30.6. The molecule has 0 aliphatic carbocycles. The molecule has 0 radical (unpaired) electrons. The number of phosphoric ester groups is 1. The van der Waals surface area contributed by atoms with Gasteiger partial charge in [0.15, 0.2) is 11.8 Å². The smallest absolute Gasteiger partial charge is 0.479 e. The molecule has 8 N–H and O–H groups in total. The molecule has 0 amide bonds. The van der Waals surface area contributed by atoms with E-state index in [1.807, 2.05) is 0 Å². The number of ether oxygens (including phenoxy) is 2. The minimum atomic E-state index is -6.19. The Labute approximate surface area is 232 Å². The van der Waals surface area contributed by atoms with Crippen molar-refractivity contribution in [1.29, 1.82) is 0 Å². The van der Waals surface area contributed by atoms with Crippen molar-refractivity contribution in [3.05, 3.63) is 6.33 Å². The number of halogens is 2. The first kappa shape index (κ1) is 33.7. The molecule has 3 heterocycles. The summed E-state index contributed by atoms with van der Waals surface area (Å²) in [4.78, 5) is 54.3. The number of aromatic nitrogens is 4. The number of alkyl halides is 2. The first-order valence-corrected chi connectivity index (χ1v) is 17.0. The Morgan fingerprint density at radius 3 is 2.27 bits per heavy atom. The van der Waals surface area contributed by atoms with Crippen LogP contribution in [0.3, 0.4) is 0 Å². The summed E-state index contributed by atoms with van der Waals surface area (Å²) in [6, 6.07) is 0. The number of phosphoric acid groups is 2. The predicted octanol–water partition coefficient (Wildman–Crippen LogP) is -1.11. The molecular formula is C13H21Cl2N5O16P4. The second kappa shape index (κ2) is 11.4. The van der Waals surface area contributed by atoms with Crippen LogP contribution in [0.4, 0.5) is 5.95 Å². The number of hydrogen-bond acceptors (Lipinski definition) is 14. The highest BCUT2D eigenvalue weighted by Crippen LogP contribution is 2.83. The third kappa shape index (κ3) is 6.72. The molecule has 1 aliphatic heterocycles. The van der Waals surface area contributed by atoms with Gasteiger partial charge in [0.2, 0.25) is 6.23 Å². The zero-order valence-corrected chi connectivity index (χ0v) is 24.9. The Balaban J connectivity index is 1.80. The normalized spacial score (nSPS) is 26.9. The Hall–Kier alpha value is -0.790. The van der Waals surface area contributed by atoms with Gasteiger partial charge in [-0.1, -0.05) is 28.2 Å². The molecule has 228 valence electrons. The molecule has 27 heteroatoms. The van der Waals surface area contributed by atoms with Gasteiger partial charge >= 0.3 is 40.3 Å². The topological polar surface area (TPSA) is 319 Å². The van der Waals surface area contributed by atoms with Gasteiger partial charge in [0, 0.05) is 13.0 Å². The molecule has 1 aliphatic rings. The van der Waals surface area contributed by atoms with E-state index >= 15 is 0 Å². The van der Waals surface area contributed by atoms with Crippen molar-refractivity contribution < 1.29 is 80.1 Å². The predicted molar refractivity (Wildman–Crippen MR) is 127 cm³/mol. The number of imidazole rings is 1. The highest BCUT2D eigenvalue weighted by atomic mass is 35.5. The monoisotopic (exact) mass is 697 g/mol. The van der Waals surface area contributed by atoms with E-state index < -0.39 is 71.7 Å². The summed E-state index contributed by atoms with van der Waals surface area (Å²) >= 11 is 10.6. The Kier molecular flexibility index (Phi) is 9.58. The summed E-state index contributed by atoms with van der Waals surface area (Å²) in [5.74, 6) is -1.10. The van der Waals surface area contributed by atoms with Gasteiger partial charge in [-0.15, -0.1) is 0 Å². The van der Waals surface area contributed by atoms with Crippen molar-refractivity contribution in [2.75, 3.05) is 19.5 Å². The minimum Gasteiger partial charge on any atom is -0.856 e. The molecule has 2 aromatic heterocycles. The number of fused-ring (bicyclic) bond motifs is 1. The van der Waals surface area contributed by atoms with Crippen LogP contribution in [0.2, 0.25) is 0 Å². The molecule has 3 unspecified atom stereocenters. The Bertz CT molecular complexity index is 1480. The van der Waals surface area contributed by atoms with Crippen molar-refractivity contribution in [3.8, 4) is 5.88 Å². The van der Waals surface area contributed by atoms with E-state index in [1.165, 1.54) is 29.6 Å². The van der Waals surface area contributed by atoms with E-state index in [4.69, 9.17) is 48.2 Å². The van der Waals surface area contributed by atoms with Crippen LogP contribution in [-0.4, -0.2) is 80.0 Å². The van der Waals surface area contributed by atoms with Crippen molar-refractivity contribution in [2.24, 2.45) is 7.05 Å². The Morgan fingerprint density at radius 1 is 1.15 bits per heavy atom. The molecule has 0 saturated carbocycles. The second-order valence-electron chi connectivity index (χ2n) is 7.92. The fourth-order valence-electron chi connectivity index (χ4n) is 3.48. The number of nitrogen functional groups attached to an aromatic ring is 1. The van der Waals surface area contributed by atoms with Gasteiger partial charge in [0.05, 0.1) is 13.7 Å². The number of rotatable bonds is 11. The van der Waals surface area contributed by atoms with E-state index in [9.17, 15) is 43.2 Å². The molecule has 1 fully saturated rings. The summed E-state index contributed by atoms with van der Waals surface area (Å²) in [5.41, 5.74) is 5.54. The summed E-state index contributed by atoms with van der Waals surface area (Å²) in [6.45, 7) is -1.06. The lowest BCUT2D eigenvalue weighted by molar-refractivity contribution is -0.746. The largest absolute Gasteiger partial charge is 0.856 e. The van der Waals surface area contributed by atoms with Crippen LogP contribution in [0.1, 0.15) is 6.23 Å². The lowest BCUT2D eigenvalue weighted by Gasteiger charge is -2.28. The summed E-state index contributed by atoms with van der Waals surface area (Å²) in [7, 11) is -21.3. The molecule has 7 atom stereocenters. The maximum absolute atomic E-state index is 12.4. The molecular weight excluding hydrogens is 677 g/mol. The van der Waals surface area contributed by atoms with Crippen LogP contribution in [0, 0.1) is 0 Å². The minimum absolute atomic E-state index is 0.00309. The number of methoxy groups -OCH3 is 1. The number of anilines is 1. The summed E-state index contributed by atoms with van der Waals surface area (Å²) in [6.07, 6.45) is -4.27. The van der Waals surface area contributed by atoms with Gasteiger partial charge in [-0.05, 0) is 0 Å².